The third-order valence-electron chi connectivity index (χ3n) is 4.73. The topological polar surface area (TPSA) is 15.3 Å². The molecule has 2 nitrogen and oxygen atoms in total. The maximum Gasteiger partial charge on any atom is -0.000664 e. The van der Waals surface area contributed by atoms with Crippen molar-refractivity contribution in [1.82, 2.24) is 10.2 Å². The van der Waals surface area contributed by atoms with Gasteiger partial charge in [-0.05, 0) is 64.3 Å². The highest BCUT2D eigenvalue weighted by atomic mass is 15.1. The summed E-state index contributed by atoms with van der Waals surface area (Å²) in [5.41, 5.74) is 0. The van der Waals surface area contributed by atoms with E-state index < -0.39 is 0 Å². The molecule has 2 fully saturated rings. The Morgan fingerprint density at radius 1 is 0.833 bits per heavy atom. The zero-order valence-electron chi connectivity index (χ0n) is 12.1. The van der Waals surface area contributed by atoms with Crippen LogP contribution in [-0.4, -0.2) is 37.6 Å². The second-order valence-corrected chi connectivity index (χ2v) is 6.30. The standard InChI is InChI=1S/C16H32N2/c1-3-8-16(9-4-1)10-12-17-11-7-15-18-13-5-2-6-14-18/h16-17H,1-15H2. The van der Waals surface area contributed by atoms with E-state index in [2.05, 4.69) is 10.2 Å². The van der Waals surface area contributed by atoms with Crippen LogP contribution in [0.5, 0.6) is 0 Å². The lowest BCUT2D eigenvalue weighted by Gasteiger charge is -2.26. The van der Waals surface area contributed by atoms with Crippen molar-refractivity contribution in [1.29, 1.82) is 0 Å². The first kappa shape index (κ1) is 14.3. The molecule has 1 N–H and O–H groups in total. The van der Waals surface area contributed by atoms with Gasteiger partial charge in [0.05, 0.1) is 0 Å². The third-order valence-corrected chi connectivity index (χ3v) is 4.73. The zero-order valence-corrected chi connectivity index (χ0v) is 12.1. The van der Waals surface area contributed by atoms with E-state index in [1.165, 1.54) is 96.9 Å². The van der Waals surface area contributed by atoms with E-state index in [4.69, 9.17) is 0 Å². The molecule has 0 spiro atoms. The highest BCUT2D eigenvalue weighted by Crippen LogP contribution is 2.25. The molecule has 0 atom stereocenters. The molecule has 0 aromatic rings. The lowest BCUT2D eigenvalue weighted by atomic mass is 9.87. The first-order valence-corrected chi connectivity index (χ1v) is 8.38. The maximum absolute atomic E-state index is 3.65. The average molecular weight is 252 g/mol. The molecule has 1 saturated carbocycles. The van der Waals surface area contributed by atoms with Crippen LogP contribution in [0.25, 0.3) is 0 Å². The Hall–Kier alpha value is -0.0800. The van der Waals surface area contributed by atoms with E-state index in [0.29, 0.717) is 0 Å². The highest BCUT2D eigenvalue weighted by Gasteiger charge is 2.12. The number of hydrogen-bond acceptors (Lipinski definition) is 2. The van der Waals surface area contributed by atoms with Crippen molar-refractivity contribution in [2.24, 2.45) is 5.92 Å². The van der Waals surface area contributed by atoms with Gasteiger partial charge in [0.15, 0.2) is 0 Å². The Morgan fingerprint density at radius 2 is 1.56 bits per heavy atom. The molecular weight excluding hydrogens is 220 g/mol. The van der Waals surface area contributed by atoms with Crippen molar-refractivity contribution in [3.05, 3.63) is 0 Å². The van der Waals surface area contributed by atoms with Crippen LogP contribution in [0.1, 0.15) is 64.2 Å². The fourth-order valence-electron chi connectivity index (χ4n) is 3.52. The van der Waals surface area contributed by atoms with Gasteiger partial charge in [0, 0.05) is 0 Å². The minimum absolute atomic E-state index is 1.04. The summed E-state index contributed by atoms with van der Waals surface area (Å²) in [6.07, 6.45) is 14.5. The van der Waals surface area contributed by atoms with Crippen LogP contribution in [0.3, 0.4) is 0 Å². The van der Waals surface area contributed by atoms with Crippen molar-refractivity contribution < 1.29 is 0 Å². The zero-order chi connectivity index (χ0) is 12.5. The fraction of sp³-hybridized carbons (Fsp3) is 1.00. The minimum Gasteiger partial charge on any atom is -0.317 e. The molecule has 1 aliphatic carbocycles. The lowest BCUT2D eigenvalue weighted by molar-refractivity contribution is 0.225. The highest BCUT2D eigenvalue weighted by molar-refractivity contribution is 4.68. The van der Waals surface area contributed by atoms with E-state index in [1.54, 1.807) is 0 Å². The summed E-state index contributed by atoms with van der Waals surface area (Å²) in [5, 5.41) is 3.65. The van der Waals surface area contributed by atoms with Crippen molar-refractivity contribution in [2.75, 3.05) is 32.7 Å². The molecule has 2 rings (SSSR count). The van der Waals surface area contributed by atoms with Gasteiger partial charge >= 0.3 is 0 Å². The number of hydrogen-bond donors (Lipinski definition) is 1. The molecule has 18 heavy (non-hydrogen) atoms. The van der Waals surface area contributed by atoms with Crippen LogP contribution in [-0.2, 0) is 0 Å². The molecule has 0 radical (unpaired) electrons. The monoisotopic (exact) mass is 252 g/mol. The van der Waals surface area contributed by atoms with Gasteiger partial charge in [-0.15, -0.1) is 0 Å². The Kier molecular flexibility index (Phi) is 7.11. The van der Waals surface area contributed by atoms with Crippen LogP contribution in [0, 0.1) is 5.92 Å². The van der Waals surface area contributed by atoms with Gasteiger partial charge in [-0.25, -0.2) is 0 Å². The molecule has 2 aliphatic rings. The van der Waals surface area contributed by atoms with Crippen LogP contribution in [0.15, 0.2) is 0 Å². The first-order valence-electron chi connectivity index (χ1n) is 8.38. The molecule has 0 bridgehead atoms. The molecule has 2 heteroatoms. The van der Waals surface area contributed by atoms with Gasteiger partial charge in [0.25, 0.3) is 0 Å². The van der Waals surface area contributed by atoms with Gasteiger partial charge < -0.3 is 10.2 Å². The second kappa shape index (κ2) is 8.92. The number of nitrogens with one attached hydrogen (secondary N) is 1. The number of nitrogens with zero attached hydrogens (tertiary/aromatic N) is 1. The smallest absolute Gasteiger partial charge is 0.000664 e. The first-order chi connectivity index (χ1) is 8.95. The minimum atomic E-state index is 1.04. The molecule has 1 heterocycles. The lowest BCUT2D eigenvalue weighted by Crippen LogP contribution is -2.32. The predicted octanol–water partition coefficient (Wildman–Crippen LogP) is 3.42. The van der Waals surface area contributed by atoms with Crippen LogP contribution >= 0.6 is 0 Å². The van der Waals surface area contributed by atoms with Gasteiger partial charge in [-0.3, -0.25) is 0 Å². The van der Waals surface area contributed by atoms with Crippen molar-refractivity contribution in [3.63, 3.8) is 0 Å². The largest absolute Gasteiger partial charge is 0.317 e. The Morgan fingerprint density at radius 3 is 2.33 bits per heavy atom. The van der Waals surface area contributed by atoms with E-state index in [1.807, 2.05) is 0 Å². The van der Waals surface area contributed by atoms with Crippen LogP contribution in [0.4, 0.5) is 0 Å². The summed E-state index contributed by atoms with van der Waals surface area (Å²) in [4.78, 5) is 2.65. The summed E-state index contributed by atoms with van der Waals surface area (Å²) in [5.74, 6) is 1.04. The quantitative estimate of drug-likeness (QED) is 0.698. The Balaban J connectivity index is 1.39. The number of piperidine rings is 1. The van der Waals surface area contributed by atoms with Crippen LogP contribution < -0.4 is 5.32 Å². The molecule has 1 aliphatic heterocycles. The van der Waals surface area contributed by atoms with Crippen molar-refractivity contribution in [2.45, 2.75) is 64.2 Å². The molecule has 0 amide bonds. The molecule has 0 unspecified atom stereocenters. The summed E-state index contributed by atoms with van der Waals surface area (Å²) < 4.78 is 0. The summed E-state index contributed by atoms with van der Waals surface area (Å²) >= 11 is 0. The van der Waals surface area contributed by atoms with E-state index in [0.717, 1.165) is 5.92 Å². The molecule has 106 valence electrons. The second-order valence-electron chi connectivity index (χ2n) is 6.30. The Labute approximate surface area is 114 Å². The van der Waals surface area contributed by atoms with Crippen LogP contribution in [0.2, 0.25) is 0 Å². The van der Waals surface area contributed by atoms with Gasteiger partial charge in [0.2, 0.25) is 0 Å². The van der Waals surface area contributed by atoms with E-state index >= 15 is 0 Å². The average Bonchev–Trinajstić information content (AvgIpc) is 2.45. The summed E-state index contributed by atoms with van der Waals surface area (Å²) in [6.45, 7) is 6.49. The van der Waals surface area contributed by atoms with Crippen molar-refractivity contribution in [3.8, 4) is 0 Å². The van der Waals surface area contributed by atoms with Gasteiger partial charge in [0.1, 0.15) is 0 Å². The SMILES string of the molecule is C1CCC(CCNCCCN2CCCCC2)CC1. The number of likely N-dealkylation sites (tertiary alicyclic amines) is 1. The molecule has 1 saturated heterocycles. The number of rotatable bonds is 7. The molecular formula is C16H32N2. The van der Waals surface area contributed by atoms with E-state index in [-0.39, 0.29) is 0 Å². The Bertz CT molecular complexity index is 171. The van der Waals surface area contributed by atoms with Crippen molar-refractivity contribution >= 4 is 0 Å². The summed E-state index contributed by atoms with van der Waals surface area (Å²) in [6, 6.07) is 0. The van der Waals surface area contributed by atoms with E-state index in [9.17, 15) is 0 Å². The normalized spacial score (nSPS) is 23.3. The third kappa shape index (κ3) is 5.71. The fourth-order valence-corrected chi connectivity index (χ4v) is 3.52. The maximum atomic E-state index is 3.65. The van der Waals surface area contributed by atoms with Gasteiger partial charge in [-0.1, -0.05) is 38.5 Å². The van der Waals surface area contributed by atoms with Gasteiger partial charge in [-0.2, -0.15) is 0 Å². The predicted molar refractivity (Wildman–Crippen MR) is 79.0 cm³/mol. The molecule has 0 aromatic heterocycles. The molecule has 0 aromatic carbocycles. The summed E-state index contributed by atoms with van der Waals surface area (Å²) in [7, 11) is 0.